The van der Waals surface area contributed by atoms with Gasteiger partial charge in [0.15, 0.2) is 23.1 Å². The van der Waals surface area contributed by atoms with Crippen LogP contribution in [-0.2, 0) is 30.6 Å². The van der Waals surface area contributed by atoms with E-state index in [1.807, 2.05) is 6.92 Å². The van der Waals surface area contributed by atoms with Gasteiger partial charge in [-0.05, 0) is 85.8 Å². The van der Waals surface area contributed by atoms with Gasteiger partial charge in [-0.15, -0.1) is 0 Å². The first-order valence-electron chi connectivity index (χ1n) is 13.9. The Morgan fingerprint density at radius 2 is 1.44 bits per heavy atom. The Bertz CT molecular complexity index is 1470. The van der Waals surface area contributed by atoms with Crippen molar-refractivity contribution < 1.29 is 42.5 Å². The number of anilines is 1. The molecule has 0 heterocycles. The van der Waals surface area contributed by atoms with E-state index in [9.17, 15) is 27.9 Å². The number of aryl methyl sites for hydroxylation is 1. The average Bonchev–Trinajstić information content (AvgIpc) is 3.00. The summed E-state index contributed by atoms with van der Waals surface area (Å²) in [6.07, 6.45) is 1.27. The van der Waals surface area contributed by atoms with Crippen LogP contribution in [0.1, 0.15) is 43.7 Å². The number of aliphatic carboxylic acids is 1. The van der Waals surface area contributed by atoms with Crippen LogP contribution >= 0.6 is 0 Å². The van der Waals surface area contributed by atoms with E-state index in [1.54, 1.807) is 60.7 Å². The van der Waals surface area contributed by atoms with E-state index in [0.717, 1.165) is 17.5 Å². The van der Waals surface area contributed by atoms with Gasteiger partial charge >= 0.3 is 5.97 Å². The van der Waals surface area contributed by atoms with Crippen molar-refractivity contribution in [2.45, 2.75) is 43.9 Å². The maximum absolute atomic E-state index is 13.3. The van der Waals surface area contributed by atoms with E-state index in [0.29, 0.717) is 23.6 Å². The number of carbonyl (C=O) groups is 3. The number of hydrogen-bond donors (Lipinski definition) is 2. The van der Waals surface area contributed by atoms with Gasteiger partial charge in [-0.1, -0.05) is 31.2 Å². The van der Waals surface area contributed by atoms with Gasteiger partial charge in [-0.2, -0.15) is 0 Å². The zero-order valence-electron chi connectivity index (χ0n) is 24.3. The van der Waals surface area contributed by atoms with Gasteiger partial charge in [0.2, 0.25) is 0 Å². The molecule has 0 aliphatic heterocycles. The number of carboxylic acid groups (broad SMARTS) is 1. The summed E-state index contributed by atoms with van der Waals surface area (Å²) in [7, 11) is -3.57. The molecule has 2 N–H and O–H groups in total. The molecule has 0 aliphatic rings. The molecule has 0 spiro atoms. The molecule has 1 atom stereocenters. The number of amides is 1. The van der Waals surface area contributed by atoms with Crippen LogP contribution in [0.5, 0.6) is 11.5 Å². The molecule has 1 amide bonds. The molecule has 3 aromatic rings. The molecule has 11 heteroatoms. The molecule has 3 aromatic carbocycles. The molecule has 0 aromatic heterocycles. The average molecular weight is 612 g/mol. The fourth-order valence-corrected chi connectivity index (χ4v) is 5.78. The Morgan fingerprint density at radius 1 is 0.860 bits per heavy atom. The van der Waals surface area contributed by atoms with E-state index in [2.05, 4.69) is 0 Å². The second-order valence-corrected chi connectivity index (χ2v) is 12.0. The van der Waals surface area contributed by atoms with Crippen LogP contribution in [-0.4, -0.2) is 68.4 Å². The number of rotatable bonds is 17. The SMILES string of the molecule is CCc1ccc(S(=O)(=O)CCCN(C(=O)COc2ccc(C(CCO)C(C)=O)cc2)c2ccc(OCC(=O)O)cc2)cc1. The fraction of sp³-hybridized carbons (Fsp3) is 0.344. The van der Waals surface area contributed by atoms with Crippen molar-refractivity contribution in [1.29, 1.82) is 0 Å². The minimum Gasteiger partial charge on any atom is -0.484 e. The third-order valence-corrected chi connectivity index (χ3v) is 8.67. The number of benzene rings is 3. The molecule has 43 heavy (non-hydrogen) atoms. The quantitative estimate of drug-likeness (QED) is 0.231. The van der Waals surface area contributed by atoms with Crippen molar-refractivity contribution in [3.63, 3.8) is 0 Å². The zero-order valence-corrected chi connectivity index (χ0v) is 25.1. The summed E-state index contributed by atoms with van der Waals surface area (Å²) in [6.45, 7) is 2.57. The normalized spacial score (nSPS) is 11.9. The molecule has 230 valence electrons. The number of ketones is 1. The summed E-state index contributed by atoms with van der Waals surface area (Å²) in [4.78, 5) is 37.7. The van der Waals surface area contributed by atoms with Crippen LogP contribution in [0.2, 0.25) is 0 Å². The molecule has 0 aliphatic carbocycles. The van der Waals surface area contributed by atoms with E-state index >= 15 is 0 Å². The number of ether oxygens (including phenoxy) is 2. The van der Waals surface area contributed by atoms with Gasteiger partial charge in [0.25, 0.3) is 5.91 Å². The Kier molecular flexibility index (Phi) is 12.3. The molecule has 0 radical (unpaired) electrons. The third-order valence-electron chi connectivity index (χ3n) is 6.85. The second-order valence-electron chi connectivity index (χ2n) is 9.92. The van der Waals surface area contributed by atoms with Crippen molar-refractivity contribution in [3.8, 4) is 11.5 Å². The van der Waals surface area contributed by atoms with Crippen molar-refractivity contribution >= 4 is 33.2 Å². The van der Waals surface area contributed by atoms with Crippen molar-refractivity contribution in [2.75, 3.05) is 37.0 Å². The number of hydrogen-bond acceptors (Lipinski definition) is 8. The van der Waals surface area contributed by atoms with Crippen LogP contribution in [0.4, 0.5) is 5.69 Å². The highest BCUT2D eigenvalue weighted by Crippen LogP contribution is 2.24. The monoisotopic (exact) mass is 611 g/mol. The van der Waals surface area contributed by atoms with Crippen LogP contribution in [0, 0.1) is 0 Å². The number of nitrogens with zero attached hydrogens (tertiary/aromatic N) is 1. The first-order valence-corrected chi connectivity index (χ1v) is 15.6. The smallest absolute Gasteiger partial charge is 0.341 e. The Hall–Kier alpha value is -4.22. The molecular formula is C32H37NO9S. The highest BCUT2D eigenvalue weighted by molar-refractivity contribution is 7.91. The van der Waals surface area contributed by atoms with E-state index < -0.39 is 34.2 Å². The number of aliphatic hydroxyl groups is 1. The van der Waals surface area contributed by atoms with Crippen LogP contribution < -0.4 is 14.4 Å². The molecule has 0 saturated carbocycles. The largest absolute Gasteiger partial charge is 0.484 e. The number of Topliss-reactive ketones (excluding diaryl/α,β-unsaturated/α-hetero) is 1. The Morgan fingerprint density at radius 3 is 1.98 bits per heavy atom. The minimum atomic E-state index is -3.57. The summed E-state index contributed by atoms with van der Waals surface area (Å²) in [6, 6.07) is 19.7. The molecule has 0 fully saturated rings. The second kappa shape index (κ2) is 15.9. The van der Waals surface area contributed by atoms with E-state index in [4.69, 9.17) is 14.6 Å². The first-order chi connectivity index (χ1) is 20.5. The van der Waals surface area contributed by atoms with Crippen LogP contribution in [0.3, 0.4) is 0 Å². The van der Waals surface area contributed by atoms with E-state index in [1.165, 1.54) is 24.0 Å². The molecule has 1 unspecified atom stereocenters. The fourth-order valence-electron chi connectivity index (χ4n) is 4.48. The summed E-state index contributed by atoms with van der Waals surface area (Å²) in [5, 5.41) is 18.1. The predicted octanol–water partition coefficient (Wildman–Crippen LogP) is 4.04. The van der Waals surface area contributed by atoms with Crippen molar-refractivity contribution in [3.05, 3.63) is 83.9 Å². The number of aliphatic hydroxyl groups excluding tert-OH is 1. The lowest BCUT2D eigenvalue weighted by Crippen LogP contribution is -2.36. The topological polar surface area (TPSA) is 148 Å². The van der Waals surface area contributed by atoms with Crippen LogP contribution in [0.15, 0.2) is 77.7 Å². The zero-order chi connectivity index (χ0) is 31.4. The van der Waals surface area contributed by atoms with Gasteiger partial charge in [0, 0.05) is 24.8 Å². The van der Waals surface area contributed by atoms with Gasteiger partial charge in [-0.25, -0.2) is 13.2 Å². The first kappa shape index (κ1) is 33.3. The molecule has 0 saturated heterocycles. The highest BCUT2D eigenvalue weighted by atomic mass is 32.2. The number of carbonyl (C=O) groups excluding carboxylic acids is 2. The van der Waals surface area contributed by atoms with Crippen molar-refractivity contribution in [1.82, 2.24) is 0 Å². The van der Waals surface area contributed by atoms with Crippen molar-refractivity contribution in [2.24, 2.45) is 0 Å². The number of sulfone groups is 1. The number of carboxylic acids is 1. The maximum atomic E-state index is 13.3. The van der Waals surface area contributed by atoms with Crippen LogP contribution in [0.25, 0.3) is 0 Å². The maximum Gasteiger partial charge on any atom is 0.341 e. The lowest BCUT2D eigenvalue weighted by molar-refractivity contribution is -0.139. The summed E-state index contributed by atoms with van der Waals surface area (Å²) in [5.41, 5.74) is 2.23. The standard InChI is InChI=1S/C32H37NO9S/c1-3-24-5-15-29(16-6-24)43(39,40)20-4-18-33(26-9-13-28(14-10-26)42-22-32(37)38)31(36)21-41-27-11-7-25(8-12-27)30(17-19-34)23(2)35/h5-16,30,34H,3-4,17-22H2,1-2H3,(H,37,38). The van der Waals surface area contributed by atoms with Gasteiger partial charge in [-0.3, -0.25) is 9.59 Å². The van der Waals surface area contributed by atoms with Gasteiger partial charge < -0.3 is 24.6 Å². The Labute approximate surface area is 251 Å². The van der Waals surface area contributed by atoms with Gasteiger partial charge in [0.05, 0.1) is 10.6 Å². The third kappa shape index (κ3) is 9.93. The summed E-state index contributed by atoms with van der Waals surface area (Å²) in [5.74, 6) is -1.50. The predicted molar refractivity (Wildman–Crippen MR) is 161 cm³/mol. The lowest BCUT2D eigenvalue weighted by atomic mass is 9.92. The minimum absolute atomic E-state index is 0.0621. The molecular weight excluding hydrogens is 574 g/mol. The highest BCUT2D eigenvalue weighted by Gasteiger charge is 2.21. The lowest BCUT2D eigenvalue weighted by Gasteiger charge is -2.23. The summed E-state index contributed by atoms with van der Waals surface area (Å²) < 4.78 is 36.8. The molecule has 0 bridgehead atoms. The molecule has 10 nitrogen and oxygen atoms in total. The Balaban J connectivity index is 1.72. The van der Waals surface area contributed by atoms with Gasteiger partial charge in [0.1, 0.15) is 17.3 Å². The molecule has 3 rings (SSSR count). The van der Waals surface area contributed by atoms with E-state index in [-0.39, 0.29) is 42.6 Å². The summed E-state index contributed by atoms with van der Waals surface area (Å²) >= 11 is 0.